The molecule has 4 nitrogen and oxygen atoms in total. The summed E-state index contributed by atoms with van der Waals surface area (Å²) >= 11 is 0. The fourth-order valence-corrected chi connectivity index (χ4v) is 3.66. The van der Waals surface area contributed by atoms with E-state index in [0.29, 0.717) is 40.5 Å². The molecule has 2 aromatic rings. The van der Waals surface area contributed by atoms with Crippen LogP contribution in [-0.2, 0) is 19.8 Å². The smallest absolute Gasteiger partial charge is 0.392 e. The Kier molecular flexibility index (Phi) is 10.2. The first kappa shape index (κ1) is 29.4. The Balaban J connectivity index is 2.20. The molecule has 10 heteroatoms. The number of ether oxygens (including phenoxy) is 1. The Morgan fingerprint density at radius 3 is 2.08 bits per heavy atom. The second-order valence-electron chi connectivity index (χ2n) is 8.33. The first-order valence-corrected chi connectivity index (χ1v) is 11.1. The standard InChI is InChI=1S/C26H28F6O4/c1-2-19(6-4-10-24(35,16-25(27,28)29)17-26(30,31)32)20-5-3-7-23(12-20)36-15-18-8-9-21(13-33)22(11-18)14-34/h3-12,33-35H,2,13-17H2,1H3/b10-4+,19-6+. The van der Waals surface area contributed by atoms with Gasteiger partial charge < -0.3 is 20.1 Å². The van der Waals surface area contributed by atoms with Crippen LogP contribution in [0.2, 0.25) is 0 Å². The zero-order valence-electron chi connectivity index (χ0n) is 19.5. The summed E-state index contributed by atoms with van der Waals surface area (Å²) in [4.78, 5) is 0. The Morgan fingerprint density at radius 1 is 0.889 bits per heavy atom. The molecule has 0 aliphatic heterocycles. The summed E-state index contributed by atoms with van der Waals surface area (Å²) in [6, 6.07) is 11.9. The Bertz CT molecular complexity index is 1040. The number of aliphatic hydroxyl groups excluding tert-OH is 2. The van der Waals surface area contributed by atoms with Gasteiger partial charge in [0.25, 0.3) is 0 Å². The molecule has 0 radical (unpaired) electrons. The first-order chi connectivity index (χ1) is 16.8. The fourth-order valence-electron chi connectivity index (χ4n) is 3.66. The van der Waals surface area contributed by atoms with Crippen molar-refractivity contribution in [1.82, 2.24) is 0 Å². The van der Waals surface area contributed by atoms with Crippen LogP contribution in [0.25, 0.3) is 5.57 Å². The third kappa shape index (κ3) is 9.67. The highest BCUT2D eigenvalue weighted by atomic mass is 19.4. The van der Waals surface area contributed by atoms with Crippen LogP contribution in [0.1, 0.15) is 48.4 Å². The molecule has 2 rings (SSSR count). The van der Waals surface area contributed by atoms with Crippen molar-refractivity contribution in [2.75, 3.05) is 0 Å². The van der Waals surface area contributed by atoms with Crippen molar-refractivity contribution in [3.8, 4) is 5.75 Å². The van der Waals surface area contributed by atoms with Crippen molar-refractivity contribution in [3.05, 3.63) is 82.9 Å². The predicted molar refractivity (Wildman–Crippen MR) is 123 cm³/mol. The number of aliphatic hydroxyl groups is 3. The number of halogens is 6. The van der Waals surface area contributed by atoms with Gasteiger partial charge >= 0.3 is 12.4 Å². The number of rotatable bonds is 11. The lowest BCUT2D eigenvalue weighted by Gasteiger charge is -2.26. The van der Waals surface area contributed by atoms with Crippen LogP contribution in [0.5, 0.6) is 5.75 Å². The van der Waals surface area contributed by atoms with Gasteiger partial charge in [0, 0.05) is 0 Å². The molecule has 2 aromatic carbocycles. The van der Waals surface area contributed by atoms with Gasteiger partial charge in [-0.05, 0) is 52.4 Å². The number of allylic oxidation sites excluding steroid dienone is 3. The summed E-state index contributed by atoms with van der Waals surface area (Å²) in [6.45, 7) is 1.49. The molecule has 36 heavy (non-hydrogen) atoms. The molecule has 0 saturated carbocycles. The maximum Gasteiger partial charge on any atom is 0.392 e. The van der Waals surface area contributed by atoms with Crippen molar-refractivity contribution in [2.45, 2.75) is 64.0 Å². The molecule has 0 fully saturated rings. The predicted octanol–water partition coefficient (Wildman–Crippen LogP) is 6.24. The summed E-state index contributed by atoms with van der Waals surface area (Å²) in [6.07, 6.45) is -10.7. The van der Waals surface area contributed by atoms with Gasteiger partial charge in [0.1, 0.15) is 18.0 Å². The van der Waals surface area contributed by atoms with Crippen LogP contribution in [0.15, 0.2) is 60.7 Å². The number of hydrogen-bond acceptors (Lipinski definition) is 4. The van der Waals surface area contributed by atoms with E-state index in [1.54, 1.807) is 49.4 Å². The first-order valence-electron chi connectivity index (χ1n) is 11.1. The van der Waals surface area contributed by atoms with Crippen LogP contribution in [0.4, 0.5) is 26.3 Å². The average molecular weight is 518 g/mol. The minimum absolute atomic E-state index is 0.162. The van der Waals surface area contributed by atoms with E-state index < -0.39 is 30.8 Å². The van der Waals surface area contributed by atoms with Gasteiger partial charge in [-0.3, -0.25) is 0 Å². The molecule has 0 aliphatic carbocycles. The summed E-state index contributed by atoms with van der Waals surface area (Å²) < 4.78 is 82.3. The van der Waals surface area contributed by atoms with E-state index in [1.807, 2.05) is 0 Å². The second kappa shape index (κ2) is 12.4. The van der Waals surface area contributed by atoms with Crippen LogP contribution in [-0.4, -0.2) is 33.3 Å². The summed E-state index contributed by atoms with van der Waals surface area (Å²) in [5.41, 5.74) is 0.0622. The van der Waals surface area contributed by atoms with Gasteiger partial charge in [-0.15, -0.1) is 0 Å². The third-order valence-electron chi connectivity index (χ3n) is 5.32. The highest BCUT2D eigenvalue weighted by Crippen LogP contribution is 2.37. The van der Waals surface area contributed by atoms with E-state index in [-0.39, 0.29) is 19.8 Å². The topological polar surface area (TPSA) is 69.9 Å². The molecule has 0 bridgehead atoms. The monoisotopic (exact) mass is 518 g/mol. The zero-order valence-corrected chi connectivity index (χ0v) is 19.5. The largest absolute Gasteiger partial charge is 0.489 e. The minimum Gasteiger partial charge on any atom is -0.489 e. The number of hydrogen-bond donors (Lipinski definition) is 3. The quantitative estimate of drug-likeness (QED) is 0.244. The molecule has 0 atom stereocenters. The molecular formula is C26H28F6O4. The lowest BCUT2D eigenvalue weighted by Crippen LogP contribution is -2.37. The molecule has 0 aliphatic rings. The van der Waals surface area contributed by atoms with Crippen molar-refractivity contribution >= 4 is 5.57 Å². The lowest BCUT2D eigenvalue weighted by molar-refractivity contribution is -0.204. The summed E-state index contributed by atoms with van der Waals surface area (Å²) in [5, 5.41) is 28.7. The highest BCUT2D eigenvalue weighted by Gasteiger charge is 2.46. The molecule has 0 aromatic heterocycles. The summed E-state index contributed by atoms with van der Waals surface area (Å²) in [5.74, 6) is 0.471. The van der Waals surface area contributed by atoms with Gasteiger partial charge in [0.05, 0.1) is 26.1 Å². The normalized spacial score (nSPS) is 13.4. The maximum atomic E-state index is 12.7. The van der Waals surface area contributed by atoms with Gasteiger partial charge in [0.15, 0.2) is 0 Å². The molecule has 3 N–H and O–H groups in total. The van der Waals surface area contributed by atoms with Gasteiger partial charge in [-0.1, -0.05) is 49.4 Å². The van der Waals surface area contributed by atoms with Crippen molar-refractivity contribution in [3.63, 3.8) is 0 Å². The van der Waals surface area contributed by atoms with E-state index in [1.165, 1.54) is 6.08 Å². The molecule has 0 amide bonds. The maximum absolute atomic E-state index is 12.7. The van der Waals surface area contributed by atoms with E-state index in [0.717, 1.165) is 11.6 Å². The highest BCUT2D eigenvalue weighted by molar-refractivity contribution is 5.68. The molecule has 0 heterocycles. The van der Waals surface area contributed by atoms with Gasteiger partial charge in [-0.25, -0.2) is 0 Å². The Labute approximate surface area is 205 Å². The van der Waals surface area contributed by atoms with Gasteiger partial charge in [-0.2, -0.15) is 26.3 Å². The minimum atomic E-state index is -4.98. The van der Waals surface area contributed by atoms with Crippen LogP contribution in [0, 0.1) is 0 Å². The van der Waals surface area contributed by atoms with Crippen molar-refractivity contribution < 1.29 is 46.4 Å². The van der Waals surface area contributed by atoms with Gasteiger partial charge in [0.2, 0.25) is 0 Å². The van der Waals surface area contributed by atoms with E-state index in [2.05, 4.69) is 0 Å². The fraction of sp³-hybridized carbons (Fsp3) is 0.385. The Hall–Kier alpha value is -2.82. The third-order valence-corrected chi connectivity index (χ3v) is 5.32. The van der Waals surface area contributed by atoms with Crippen LogP contribution < -0.4 is 4.74 Å². The second-order valence-corrected chi connectivity index (χ2v) is 8.33. The molecule has 0 unspecified atom stereocenters. The summed E-state index contributed by atoms with van der Waals surface area (Å²) in [7, 11) is 0. The molecule has 198 valence electrons. The number of alkyl halides is 6. The van der Waals surface area contributed by atoms with Crippen molar-refractivity contribution in [1.29, 1.82) is 0 Å². The van der Waals surface area contributed by atoms with E-state index in [4.69, 9.17) is 4.74 Å². The van der Waals surface area contributed by atoms with E-state index in [9.17, 15) is 41.7 Å². The number of benzene rings is 2. The molecule has 0 saturated heterocycles. The van der Waals surface area contributed by atoms with E-state index >= 15 is 0 Å². The lowest BCUT2D eigenvalue weighted by atomic mass is 9.93. The average Bonchev–Trinajstić information content (AvgIpc) is 2.78. The van der Waals surface area contributed by atoms with Crippen LogP contribution >= 0.6 is 0 Å². The molecular weight excluding hydrogens is 490 g/mol. The van der Waals surface area contributed by atoms with Crippen molar-refractivity contribution in [2.24, 2.45) is 0 Å². The molecule has 0 spiro atoms. The zero-order chi connectivity index (χ0) is 27.0. The Morgan fingerprint density at radius 2 is 1.53 bits per heavy atom. The SMILES string of the molecule is CC/C(=C\C=C\C(O)(CC(F)(F)F)CC(F)(F)F)c1cccc(OCc2ccc(CO)c(CO)c2)c1. The van der Waals surface area contributed by atoms with Crippen LogP contribution in [0.3, 0.4) is 0 Å².